The molecule has 27 heavy (non-hydrogen) atoms. The standard InChI is InChI=1S/C18H34O7S.K.H/c1-2-3-4-5-6-7-8-9-10-11-12-13-14-25-18(21)16(15-17(19)20)26(22,23)24;;/h16H,2-15H2,1H3,(H,19,20)(H,22,23,24);;/q;+1;-1. The van der Waals surface area contributed by atoms with Crippen molar-refractivity contribution in [2.24, 2.45) is 0 Å². The SMILES string of the molecule is CCCCCCCCCCCCCCOC(=O)C(CC(=O)O)S(=O)(=O)O.[H-].[K+]. The summed E-state index contributed by atoms with van der Waals surface area (Å²) in [5.74, 6) is -2.70. The third kappa shape index (κ3) is 18.3. The topological polar surface area (TPSA) is 118 Å². The van der Waals surface area contributed by atoms with Gasteiger partial charge in [-0.2, -0.15) is 8.42 Å². The Labute approximate surface area is 207 Å². The Kier molecular flexibility index (Phi) is 20.4. The molecular formula is C18H35KO7S. The van der Waals surface area contributed by atoms with Crippen molar-refractivity contribution in [1.29, 1.82) is 0 Å². The van der Waals surface area contributed by atoms with Gasteiger partial charge in [-0.1, -0.05) is 77.6 Å². The van der Waals surface area contributed by atoms with Crippen LogP contribution in [0.2, 0.25) is 0 Å². The predicted molar refractivity (Wildman–Crippen MR) is 101 cm³/mol. The number of unbranched alkanes of at least 4 members (excludes halogenated alkanes) is 11. The zero-order valence-electron chi connectivity index (χ0n) is 17.8. The van der Waals surface area contributed by atoms with Crippen molar-refractivity contribution >= 4 is 22.1 Å². The summed E-state index contributed by atoms with van der Waals surface area (Å²) >= 11 is 0. The first-order chi connectivity index (χ1) is 12.3. The minimum absolute atomic E-state index is 0. The maximum atomic E-state index is 11.6. The van der Waals surface area contributed by atoms with Crippen LogP contribution in [0.5, 0.6) is 0 Å². The van der Waals surface area contributed by atoms with Crippen LogP contribution in [0, 0.1) is 0 Å². The molecule has 0 heterocycles. The fourth-order valence-corrected chi connectivity index (χ4v) is 3.34. The number of carbonyl (C=O) groups excluding carboxylic acids is 1. The molecule has 0 saturated carbocycles. The van der Waals surface area contributed by atoms with Crippen LogP contribution in [-0.2, 0) is 24.4 Å². The molecule has 0 saturated heterocycles. The minimum atomic E-state index is -4.78. The third-order valence-corrected chi connectivity index (χ3v) is 5.30. The van der Waals surface area contributed by atoms with E-state index < -0.39 is 33.7 Å². The zero-order chi connectivity index (χ0) is 19.8. The van der Waals surface area contributed by atoms with Crippen LogP contribution >= 0.6 is 0 Å². The average Bonchev–Trinajstić information content (AvgIpc) is 2.55. The number of carbonyl (C=O) groups is 2. The predicted octanol–water partition coefficient (Wildman–Crippen LogP) is 1.08. The Bertz CT molecular complexity index is 500. The summed E-state index contributed by atoms with van der Waals surface area (Å²) in [6.45, 7) is 2.24. The molecule has 0 bridgehead atoms. The number of rotatable bonds is 17. The van der Waals surface area contributed by atoms with Crippen LogP contribution < -0.4 is 51.4 Å². The van der Waals surface area contributed by atoms with Gasteiger partial charge >= 0.3 is 63.3 Å². The van der Waals surface area contributed by atoms with Crippen molar-refractivity contribution in [2.45, 2.75) is 95.6 Å². The quantitative estimate of drug-likeness (QED) is 0.152. The monoisotopic (exact) mass is 434 g/mol. The molecule has 0 aliphatic heterocycles. The van der Waals surface area contributed by atoms with Gasteiger partial charge in [-0.25, -0.2) is 0 Å². The van der Waals surface area contributed by atoms with E-state index in [1.165, 1.54) is 51.4 Å². The Morgan fingerprint density at radius 3 is 1.67 bits per heavy atom. The number of hydrogen-bond acceptors (Lipinski definition) is 5. The number of ether oxygens (including phenoxy) is 1. The van der Waals surface area contributed by atoms with Crippen LogP contribution in [0.4, 0.5) is 0 Å². The Morgan fingerprint density at radius 1 is 0.889 bits per heavy atom. The van der Waals surface area contributed by atoms with E-state index in [-0.39, 0.29) is 59.4 Å². The molecule has 1 atom stereocenters. The van der Waals surface area contributed by atoms with Crippen molar-refractivity contribution in [2.75, 3.05) is 6.61 Å². The van der Waals surface area contributed by atoms with Crippen LogP contribution in [0.3, 0.4) is 0 Å². The fraction of sp³-hybridized carbons (Fsp3) is 0.889. The molecule has 0 aromatic carbocycles. The summed E-state index contributed by atoms with van der Waals surface area (Å²) in [5, 5.41) is 6.54. The molecule has 7 nitrogen and oxygen atoms in total. The summed E-state index contributed by atoms with van der Waals surface area (Å²) in [6, 6.07) is 0. The third-order valence-electron chi connectivity index (χ3n) is 4.22. The van der Waals surface area contributed by atoms with Crippen LogP contribution in [-0.4, -0.2) is 41.9 Å². The summed E-state index contributed by atoms with van der Waals surface area (Å²) in [5.41, 5.74) is 0. The zero-order valence-corrected chi connectivity index (χ0v) is 20.8. The van der Waals surface area contributed by atoms with Gasteiger partial charge in [0, 0.05) is 0 Å². The van der Waals surface area contributed by atoms with Gasteiger partial charge in [0.2, 0.25) is 0 Å². The average molecular weight is 435 g/mol. The Balaban J connectivity index is -0.00000312. The van der Waals surface area contributed by atoms with E-state index in [9.17, 15) is 18.0 Å². The van der Waals surface area contributed by atoms with E-state index in [1.54, 1.807) is 0 Å². The van der Waals surface area contributed by atoms with Crippen molar-refractivity contribution in [3.05, 3.63) is 0 Å². The molecule has 0 aromatic rings. The van der Waals surface area contributed by atoms with Gasteiger partial charge in [0.1, 0.15) is 0 Å². The van der Waals surface area contributed by atoms with E-state index in [0.717, 1.165) is 19.3 Å². The molecule has 0 amide bonds. The van der Waals surface area contributed by atoms with E-state index in [2.05, 4.69) is 6.92 Å². The molecule has 9 heteroatoms. The van der Waals surface area contributed by atoms with Crippen LogP contribution in [0.15, 0.2) is 0 Å². The summed E-state index contributed by atoms with van der Waals surface area (Å²) in [7, 11) is -4.78. The second kappa shape index (κ2) is 18.5. The van der Waals surface area contributed by atoms with Crippen molar-refractivity contribution in [3.8, 4) is 0 Å². The molecule has 0 fully saturated rings. The molecule has 2 N–H and O–H groups in total. The molecule has 156 valence electrons. The van der Waals surface area contributed by atoms with Gasteiger partial charge in [-0.15, -0.1) is 0 Å². The number of carboxylic acid groups (broad SMARTS) is 1. The second-order valence-electron chi connectivity index (χ2n) is 6.66. The molecule has 0 rings (SSSR count). The van der Waals surface area contributed by atoms with E-state index in [1.807, 2.05) is 0 Å². The van der Waals surface area contributed by atoms with Crippen molar-refractivity contribution < 1.29 is 85.2 Å². The van der Waals surface area contributed by atoms with Gasteiger partial charge in [0.25, 0.3) is 10.1 Å². The van der Waals surface area contributed by atoms with Crippen molar-refractivity contribution in [3.63, 3.8) is 0 Å². The van der Waals surface area contributed by atoms with E-state index in [4.69, 9.17) is 14.4 Å². The van der Waals surface area contributed by atoms with E-state index in [0.29, 0.717) is 6.42 Å². The van der Waals surface area contributed by atoms with Gasteiger partial charge in [0.05, 0.1) is 13.0 Å². The second-order valence-corrected chi connectivity index (χ2v) is 8.26. The minimum Gasteiger partial charge on any atom is -1.00 e. The summed E-state index contributed by atoms with van der Waals surface area (Å²) in [6.07, 6.45) is 12.9. The van der Waals surface area contributed by atoms with Gasteiger partial charge < -0.3 is 11.3 Å². The van der Waals surface area contributed by atoms with Crippen LogP contribution in [0.25, 0.3) is 0 Å². The number of esters is 1. The number of aliphatic carboxylic acids is 1. The maximum absolute atomic E-state index is 11.6. The molecule has 0 aliphatic rings. The first kappa shape index (κ1) is 29.7. The normalized spacial score (nSPS) is 12.2. The first-order valence-electron chi connectivity index (χ1n) is 9.63. The van der Waals surface area contributed by atoms with Crippen molar-refractivity contribution in [1.82, 2.24) is 0 Å². The molecule has 0 aliphatic carbocycles. The molecule has 0 radical (unpaired) electrons. The summed E-state index contributed by atoms with van der Waals surface area (Å²) in [4.78, 5) is 22.2. The Morgan fingerprint density at radius 2 is 1.30 bits per heavy atom. The van der Waals surface area contributed by atoms with Crippen LogP contribution in [0.1, 0.15) is 91.8 Å². The molecule has 0 aromatic heterocycles. The van der Waals surface area contributed by atoms with Gasteiger partial charge in [-0.3, -0.25) is 14.1 Å². The largest absolute Gasteiger partial charge is 1.00 e. The van der Waals surface area contributed by atoms with Gasteiger partial charge in [-0.05, 0) is 6.42 Å². The summed E-state index contributed by atoms with van der Waals surface area (Å²) < 4.78 is 35.8. The molecule has 1 unspecified atom stereocenters. The maximum Gasteiger partial charge on any atom is 1.00 e. The molecule has 0 spiro atoms. The first-order valence-corrected chi connectivity index (χ1v) is 11.1. The fourth-order valence-electron chi connectivity index (χ4n) is 2.68. The van der Waals surface area contributed by atoms with Gasteiger partial charge in [0.15, 0.2) is 5.25 Å². The smallest absolute Gasteiger partial charge is 1.00 e. The molecular weight excluding hydrogens is 399 g/mol. The number of hydrogen-bond donors (Lipinski definition) is 2. The number of carboxylic acids is 1. The Hall–Kier alpha value is 0.486. The van der Waals surface area contributed by atoms with E-state index >= 15 is 0 Å².